The number of aromatic nitrogens is 3. The van der Waals surface area contributed by atoms with Crippen LogP contribution in [0.5, 0.6) is 0 Å². The second kappa shape index (κ2) is 8.39. The molecule has 1 atom stereocenters. The second-order valence-corrected chi connectivity index (χ2v) is 10.3. The molecule has 0 radical (unpaired) electrons. The maximum Gasteiger partial charge on any atom is 0.257 e. The normalized spacial score (nSPS) is 17.9. The van der Waals surface area contributed by atoms with Gasteiger partial charge in [0.1, 0.15) is 0 Å². The smallest absolute Gasteiger partial charge is 0.257 e. The molecule has 9 heteroatoms. The lowest BCUT2D eigenvalue weighted by atomic mass is 10.0. The van der Waals surface area contributed by atoms with Gasteiger partial charge in [0.2, 0.25) is 10.0 Å². The summed E-state index contributed by atoms with van der Waals surface area (Å²) in [5.74, 6) is 0.0489. The first-order valence-corrected chi connectivity index (χ1v) is 11.9. The van der Waals surface area contributed by atoms with Crippen molar-refractivity contribution in [1.29, 1.82) is 0 Å². The van der Waals surface area contributed by atoms with E-state index in [0.29, 0.717) is 30.3 Å². The summed E-state index contributed by atoms with van der Waals surface area (Å²) in [7, 11) is -3.52. The average molecular weight is 442 g/mol. The summed E-state index contributed by atoms with van der Waals surface area (Å²) in [6.07, 6.45) is 5.15. The summed E-state index contributed by atoms with van der Waals surface area (Å²) < 4.78 is 29.1. The highest BCUT2D eigenvalue weighted by molar-refractivity contribution is 7.89. The Hall–Kier alpha value is -2.78. The summed E-state index contributed by atoms with van der Waals surface area (Å²) in [6.45, 7) is 7.20. The first-order chi connectivity index (χ1) is 14.8. The number of piperidine rings is 1. The zero-order chi connectivity index (χ0) is 22.2. The fourth-order valence-corrected chi connectivity index (χ4v) is 5.47. The van der Waals surface area contributed by atoms with Crippen LogP contribution in [-0.4, -0.2) is 46.5 Å². The number of sulfonamides is 1. The number of hydrogen-bond acceptors (Lipinski definition) is 5. The van der Waals surface area contributed by atoms with E-state index in [-0.39, 0.29) is 16.8 Å². The maximum atomic E-state index is 12.9. The van der Waals surface area contributed by atoms with Crippen LogP contribution in [0, 0.1) is 5.92 Å². The summed E-state index contributed by atoms with van der Waals surface area (Å²) in [5, 5.41) is 7.91. The van der Waals surface area contributed by atoms with Crippen LogP contribution in [0.4, 0.5) is 5.69 Å². The monoisotopic (exact) mass is 441 g/mol. The Morgan fingerprint density at radius 2 is 1.94 bits per heavy atom. The van der Waals surface area contributed by atoms with Gasteiger partial charge in [0.05, 0.1) is 16.7 Å². The van der Waals surface area contributed by atoms with Gasteiger partial charge < -0.3 is 5.32 Å². The third-order valence-electron chi connectivity index (χ3n) is 5.55. The molecule has 1 aliphatic rings. The highest BCUT2D eigenvalue weighted by Gasteiger charge is 2.28. The SMILES string of the molecule is CC1CCCN(S(=O)(=O)c2ccc(NC(=O)c3cnc4c(cnn4C(C)C)c3)cc2)C1. The van der Waals surface area contributed by atoms with Gasteiger partial charge in [-0.05, 0) is 62.9 Å². The summed E-state index contributed by atoms with van der Waals surface area (Å²) in [4.78, 5) is 17.3. The van der Waals surface area contributed by atoms with E-state index in [9.17, 15) is 13.2 Å². The topological polar surface area (TPSA) is 97.2 Å². The fraction of sp³-hybridized carbons (Fsp3) is 0.409. The molecule has 164 valence electrons. The average Bonchev–Trinajstić information content (AvgIpc) is 3.18. The summed E-state index contributed by atoms with van der Waals surface area (Å²) in [5.41, 5.74) is 1.66. The number of rotatable bonds is 5. The number of amides is 1. The first kappa shape index (κ1) is 21.5. The Morgan fingerprint density at radius 3 is 2.61 bits per heavy atom. The molecule has 0 saturated carbocycles. The third-order valence-corrected chi connectivity index (χ3v) is 7.43. The predicted octanol–water partition coefficient (Wildman–Crippen LogP) is 3.69. The highest BCUT2D eigenvalue weighted by atomic mass is 32.2. The molecule has 3 heterocycles. The van der Waals surface area contributed by atoms with Crippen molar-refractivity contribution in [2.75, 3.05) is 18.4 Å². The van der Waals surface area contributed by atoms with Crippen molar-refractivity contribution in [1.82, 2.24) is 19.1 Å². The van der Waals surface area contributed by atoms with Gasteiger partial charge in [-0.2, -0.15) is 9.40 Å². The van der Waals surface area contributed by atoms with Crippen molar-refractivity contribution < 1.29 is 13.2 Å². The van der Waals surface area contributed by atoms with E-state index in [0.717, 1.165) is 23.9 Å². The van der Waals surface area contributed by atoms with E-state index in [1.807, 2.05) is 13.8 Å². The number of nitrogens with zero attached hydrogens (tertiary/aromatic N) is 4. The third kappa shape index (κ3) is 4.33. The summed E-state index contributed by atoms with van der Waals surface area (Å²) in [6, 6.07) is 8.23. The molecule has 1 fully saturated rings. The van der Waals surface area contributed by atoms with Crippen molar-refractivity contribution in [2.45, 2.75) is 44.6 Å². The Kier molecular flexibility index (Phi) is 5.81. The van der Waals surface area contributed by atoms with E-state index >= 15 is 0 Å². The molecule has 31 heavy (non-hydrogen) atoms. The maximum absolute atomic E-state index is 12.9. The minimum atomic E-state index is -3.52. The zero-order valence-corrected chi connectivity index (χ0v) is 18.8. The fourth-order valence-electron chi connectivity index (χ4n) is 3.87. The molecule has 4 rings (SSSR count). The van der Waals surface area contributed by atoms with Gasteiger partial charge in [-0.1, -0.05) is 6.92 Å². The lowest BCUT2D eigenvalue weighted by molar-refractivity contribution is 0.102. The second-order valence-electron chi connectivity index (χ2n) is 8.41. The quantitative estimate of drug-likeness (QED) is 0.651. The van der Waals surface area contributed by atoms with Gasteiger partial charge >= 0.3 is 0 Å². The van der Waals surface area contributed by atoms with E-state index in [4.69, 9.17) is 0 Å². The number of pyridine rings is 1. The lowest BCUT2D eigenvalue weighted by Crippen LogP contribution is -2.39. The highest BCUT2D eigenvalue weighted by Crippen LogP contribution is 2.24. The number of hydrogen-bond donors (Lipinski definition) is 1. The van der Waals surface area contributed by atoms with Crippen LogP contribution >= 0.6 is 0 Å². The van der Waals surface area contributed by atoms with Crippen LogP contribution in [-0.2, 0) is 10.0 Å². The number of carbonyl (C=O) groups is 1. The van der Waals surface area contributed by atoms with Gasteiger partial charge in [-0.25, -0.2) is 18.1 Å². The van der Waals surface area contributed by atoms with Gasteiger partial charge in [0.15, 0.2) is 5.65 Å². The van der Waals surface area contributed by atoms with Crippen LogP contribution in [0.15, 0.2) is 47.6 Å². The molecule has 1 aromatic carbocycles. The Balaban J connectivity index is 1.48. The number of nitrogens with one attached hydrogen (secondary N) is 1. The zero-order valence-electron chi connectivity index (χ0n) is 17.9. The summed E-state index contributed by atoms with van der Waals surface area (Å²) >= 11 is 0. The molecule has 0 bridgehead atoms. The van der Waals surface area contributed by atoms with E-state index < -0.39 is 10.0 Å². The molecule has 1 aliphatic heterocycles. The van der Waals surface area contributed by atoms with Gasteiger partial charge in [0, 0.05) is 36.4 Å². The molecule has 1 unspecified atom stereocenters. The standard InChI is InChI=1S/C22H27N5O3S/c1-15(2)27-21-17(13-24-27)11-18(12-23-21)22(28)25-19-6-8-20(9-7-19)31(29,30)26-10-4-5-16(3)14-26/h6-9,11-13,15-16H,4-5,10,14H2,1-3H3,(H,25,28). The molecule has 0 spiro atoms. The molecule has 1 N–H and O–H groups in total. The Labute approximate surface area is 182 Å². The van der Waals surface area contributed by atoms with Gasteiger partial charge in [-0.15, -0.1) is 0 Å². The van der Waals surface area contributed by atoms with Crippen molar-refractivity contribution in [3.05, 3.63) is 48.3 Å². The van der Waals surface area contributed by atoms with Crippen LogP contribution in [0.25, 0.3) is 11.0 Å². The molecule has 2 aromatic heterocycles. The number of benzene rings is 1. The first-order valence-electron chi connectivity index (χ1n) is 10.5. The van der Waals surface area contributed by atoms with E-state index in [2.05, 4.69) is 22.3 Å². The minimum absolute atomic E-state index is 0.174. The number of fused-ring (bicyclic) bond motifs is 1. The van der Waals surface area contributed by atoms with Gasteiger partial charge in [0.25, 0.3) is 5.91 Å². The molecule has 1 saturated heterocycles. The largest absolute Gasteiger partial charge is 0.322 e. The number of carbonyl (C=O) groups excluding carboxylic acids is 1. The van der Waals surface area contributed by atoms with Crippen molar-refractivity contribution in [2.24, 2.45) is 5.92 Å². The van der Waals surface area contributed by atoms with Crippen LogP contribution in [0.1, 0.15) is 50.0 Å². The minimum Gasteiger partial charge on any atom is -0.322 e. The van der Waals surface area contributed by atoms with Crippen molar-refractivity contribution in [3.63, 3.8) is 0 Å². The van der Waals surface area contributed by atoms with Crippen molar-refractivity contribution in [3.8, 4) is 0 Å². The van der Waals surface area contributed by atoms with E-state index in [1.165, 1.54) is 6.20 Å². The molecule has 3 aromatic rings. The Bertz CT molecular complexity index is 1200. The predicted molar refractivity (Wildman–Crippen MR) is 119 cm³/mol. The lowest BCUT2D eigenvalue weighted by Gasteiger charge is -2.30. The molecule has 1 amide bonds. The Morgan fingerprint density at radius 1 is 1.19 bits per heavy atom. The van der Waals surface area contributed by atoms with Crippen LogP contribution < -0.4 is 5.32 Å². The number of anilines is 1. The molecular formula is C22H27N5O3S. The molecule has 8 nitrogen and oxygen atoms in total. The van der Waals surface area contributed by atoms with Gasteiger partial charge in [-0.3, -0.25) is 4.79 Å². The molecule has 0 aliphatic carbocycles. The van der Waals surface area contributed by atoms with E-state index in [1.54, 1.807) is 45.5 Å². The van der Waals surface area contributed by atoms with Crippen molar-refractivity contribution >= 4 is 32.7 Å². The molecular weight excluding hydrogens is 414 g/mol. The van der Waals surface area contributed by atoms with Crippen LogP contribution in [0.2, 0.25) is 0 Å². The van der Waals surface area contributed by atoms with Crippen LogP contribution in [0.3, 0.4) is 0 Å².